The average Bonchev–Trinajstić information content (AvgIpc) is 3.14. The number of nitrogens with zero attached hydrogens (tertiary/aromatic N) is 1. The first-order valence-electron chi connectivity index (χ1n) is 8.21. The number of benzene rings is 1. The van der Waals surface area contributed by atoms with Crippen molar-refractivity contribution in [1.29, 1.82) is 0 Å². The van der Waals surface area contributed by atoms with E-state index in [9.17, 15) is 4.79 Å². The maximum Gasteiger partial charge on any atom is 0.319 e. The standard InChI is InChI=1S/C18H23N3O2S/c1-14(21-8-10-23-11-9-21)15-4-6-16(7-5-15)20-18(22)19-13-17-3-2-12-24-17/h2-7,12,14H,8-11,13H2,1H3,(H2,19,20,22)/t14-/m0/s1. The number of anilines is 1. The quantitative estimate of drug-likeness (QED) is 0.872. The molecule has 1 fully saturated rings. The number of amides is 2. The van der Waals surface area contributed by atoms with Crippen LogP contribution in [0.15, 0.2) is 41.8 Å². The maximum atomic E-state index is 11.9. The highest BCUT2D eigenvalue weighted by molar-refractivity contribution is 7.09. The van der Waals surface area contributed by atoms with Crippen molar-refractivity contribution in [3.8, 4) is 0 Å². The van der Waals surface area contributed by atoms with Gasteiger partial charge in [-0.1, -0.05) is 18.2 Å². The van der Waals surface area contributed by atoms with Gasteiger partial charge < -0.3 is 15.4 Å². The fourth-order valence-electron chi connectivity index (χ4n) is 2.78. The molecule has 0 radical (unpaired) electrons. The van der Waals surface area contributed by atoms with Gasteiger partial charge in [-0.05, 0) is 36.1 Å². The third-order valence-electron chi connectivity index (χ3n) is 4.25. The Hall–Kier alpha value is -1.89. The molecule has 0 unspecified atom stereocenters. The third-order valence-corrected chi connectivity index (χ3v) is 5.12. The van der Waals surface area contributed by atoms with Crippen LogP contribution in [0.4, 0.5) is 10.5 Å². The molecule has 1 aromatic heterocycles. The van der Waals surface area contributed by atoms with Gasteiger partial charge in [0, 0.05) is 29.7 Å². The van der Waals surface area contributed by atoms with E-state index in [2.05, 4.69) is 34.6 Å². The highest BCUT2D eigenvalue weighted by atomic mass is 32.1. The van der Waals surface area contributed by atoms with Crippen LogP contribution in [0.2, 0.25) is 0 Å². The van der Waals surface area contributed by atoms with Gasteiger partial charge in [-0.2, -0.15) is 0 Å². The van der Waals surface area contributed by atoms with Crippen molar-refractivity contribution >= 4 is 23.1 Å². The molecule has 0 saturated carbocycles. The van der Waals surface area contributed by atoms with Crippen LogP contribution < -0.4 is 10.6 Å². The fraction of sp³-hybridized carbons (Fsp3) is 0.389. The number of hydrogen-bond acceptors (Lipinski definition) is 4. The zero-order chi connectivity index (χ0) is 16.8. The Morgan fingerprint density at radius 3 is 2.67 bits per heavy atom. The van der Waals surface area contributed by atoms with Crippen LogP contribution in [-0.2, 0) is 11.3 Å². The second-order valence-electron chi connectivity index (χ2n) is 5.83. The van der Waals surface area contributed by atoms with Crippen molar-refractivity contribution in [2.75, 3.05) is 31.6 Å². The molecule has 24 heavy (non-hydrogen) atoms. The van der Waals surface area contributed by atoms with Gasteiger partial charge in [0.25, 0.3) is 0 Å². The highest BCUT2D eigenvalue weighted by Gasteiger charge is 2.18. The Labute approximate surface area is 146 Å². The maximum absolute atomic E-state index is 11.9. The van der Waals surface area contributed by atoms with Crippen LogP contribution in [0.1, 0.15) is 23.4 Å². The van der Waals surface area contributed by atoms with Gasteiger partial charge in [0.15, 0.2) is 0 Å². The molecule has 1 aliphatic heterocycles. The van der Waals surface area contributed by atoms with E-state index in [0.29, 0.717) is 12.6 Å². The number of ether oxygens (including phenoxy) is 1. The smallest absolute Gasteiger partial charge is 0.319 e. The summed E-state index contributed by atoms with van der Waals surface area (Å²) in [6.07, 6.45) is 0. The van der Waals surface area contributed by atoms with Crippen molar-refractivity contribution < 1.29 is 9.53 Å². The monoisotopic (exact) mass is 345 g/mol. The molecule has 2 heterocycles. The van der Waals surface area contributed by atoms with E-state index in [1.807, 2.05) is 29.6 Å². The predicted molar refractivity (Wildman–Crippen MR) is 97.4 cm³/mol. The van der Waals surface area contributed by atoms with Crippen molar-refractivity contribution in [3.63, 3.8) is 0 Å². The summed E-state index contributed by atoms with van der Waals surface area (Å²) in [5, 5.41) is 7.74. The molecular weight excluding hydrogens is 322 g/mol. The first-order chi connectivity index (χ1) is 11.7. The molecular formula is C18H23N3O2S. The van der Waals surface area contributed by atoms with Gasteiger partial charge in [-0.3, -0.25) is 4.90 Å². The van der Waals surface area contributed by atoms with Crippen LogP contribution in [-0.4, -0.2) is 37.2 Å². The fourth-order valence-corrected chi connectivity index (χ4v) is 3.42. The van der Waals surface area contributed by atoms with E-state index >= 15 is 0 Å². The van der Waals surface area contributed by atoms with Gasteiger partial charge >= 0.3 is 6.03 Å². The number of morpholine rings is 1. The van der Waals surface area contributed by atoms with Crippen molar-refractivity contribution in [1.82, 2.24) is 10.2 Å². The zero-order valence-corrected chi connectivity index (χ0v) is 14.6. The minimum absolute atomic E-state index is 0.183. The van der Waals surface area contributed by atoms with Gasteiger partial charge in [0.2, 0.25) is 0 Å². The molecule has 2 N–H and O–H groups in total. The molecule has 6 heteroatoms. The van der Waals surface area contributed by atoms with E-state index in [1.165, 1.54) is 5.56 Å². The summed E-state index contributed by atoms with van der Waals surface area (Å²) in [4.78, 5) is 15.5. The molecule has 1 aromatic carbocycles. The summed E-state index contributed by atoms with van der Waals surface area (Å²) < 4.78 is 5.40. The van der Waals surface area contributed by atoms with E-state index in [0.717, 1.165) is 36.9 Å². The first-order valence-corrected chi connectivity index (χ1v) is 9.09. The lowest BCUT2D eigenvalue weighted by Gasteiger charge is -2.32. The molecule has 1 aliphatic rings. The Morgan fingerprint density at radius 2 is 2.00 bits per heavy atom. The van der Waals surface area contributed by atoms with Gasteiger partial charge in [-0.25, -0.2) is 4.79 Å². The number of carbonyl (C=O) groups is 1. The van der Waals surface area contributed by atoms with Gasteiger partial charge in [0.1, 0.15) is 0 Å². The Morgan fingerprint density at radius 1 is 1.25 bits per heavy atom. The molecule has 128 valence electrons. The molecule has 3 rings (SSSR count). The predicted octanol–water partition coefficient (Wildman–Crippen LogP) is 3.46. The lowest BCUT2D eigenvalue weighted by Crippen LogP contribution is -2.38. The zero-order valence-electron chi connectivity index (χ0n) is 13.8. The molecule has 0 aliphatic carbocycles. The summed E-state index contributed by atoms with van der Waals surface area (Å²) in [6.45, 7) is 6.29. The molecule has 0 bridgehead atoms. The number of carbonyl (C=O) groups excluding carboxylic acids is 1. The second kappa shape index (κ2) is 8.28. The number of urea groups is 1. The minimum atomic E-state index is -0.183. The summed E-state index contributed by atoms with van der Waals surface area (Å²) >= 11 is 1.63. The van der Waals surface area contributed by atoms with Crippen LogP contribution in [0.25, 0.3) is 0 Å². The molecule has 1 saturated heterocycles. The summed E-state index contributed by atoms with van der Waals surface area (Å²) in [5.41, 5.74) is 2.05. The van der Waals surface area contributed by atoms with Gasteiger partial charge in [-0.15, -0.1) is 11.3 Å². The number of thiophene rings is 1. The normalized spacial score (nSPS) is 16.5. The number of nitrogens with one attached hydrogen (secondary N) is 2. The summed E-state index contributed by atoms with van der Waals surface area (Å²) in [7, 11) is 0. The van der Waals surface area contributed by atoms with Crippen LogP contribution >= 0.6 is 11.3 Å². The van der Waals surface area contributed by atoms with Crippen LogP contribution in [0.5, 0.6) is 0 Å². The first kappa shape index (κ1) is 17.0. The van der Waals surface area contributed by atoms with Crippen molar-refractivity contribution in [3.05, 3.63) is 52.2 Å². The Bertz CT molecular complexity index is 637. The van der Waals surface area contributed by atoms with E-state index in [1.54, 1.807) is 11.3 Å². The van der Waals surface area contributed by atoms with E-state index in [4.69, 9.17) is 4.74 Å². The molecule has 1 atom stereocenters. The van der Waals surface area contributed by atoms with Crippen molar-refractivity contribution in [2.45, 2.75) is 19.5 Å². The average molecular weight is 345 g/mol. The topological polar surface area (TPSA) is 53.6 Å². The SMILES string of the molecule is C[C@@H](c1ccc(NC(=O)NCc2cccs2)cc1)N1CCOCC1. The second-order valence-corrected chi connectivity index (χ2v) is 6.87. The molecule has 5 nitrogen and oxygen atoms in total. The van der Waals surface area contributed by atoms with Gasteiger partial charge in [0.05, 0.1) is 19.8 Å². The Balaban J connectivity index is 1.51. The molecule has 2 aromatic rings. The van der Waals surface area contributed by atoms with E-state index in [-0.39, 0.29) is 6.03 Å². The minimum Gasteiger partial charge on any atom is -0.379 e. The Kier molecular flexibility index (Phi) is 5.85. The largest absolute Gasteiger partial charge is 0.379 e. The highest BCUT2D eigenvalue weighted by Crippen LogP contribution is 2.22. The van der Waals surface area contributed by atoms with Crippen LogP contribution in [0.3, 0.4) is 0 Å². The summed E-state index contributed by atoms with van der Waals surface area (Å²) in [6, 6.07) is 12.2. The molecule has 0 spiro atoms. The van der Waals surface area contributed by atoms with E-state index < -0.39 is 0 Å². The molecule has 2 amide bonds. The number of rotatable bonds is 5. The lowest BCUT2D eigenvalue weighted by atomic mass is 10.1. The number of hydrogen-bond donors (Lipinski definition) is 2. The lowest BCUT2D eigenvalue weighted by molar-refractivity contribution is 0.0198. The third kappa shape index (κ3) is 4.56. The van der Waals surface area contributed by atoms with Crippen LogP contribution in [0, 0.1) is 0 Å². The summed E-state index contributed by atoms with van der Waals surface area (Å²) in [5.74, 6) is 0. The van der Waals surface area contributed by atoms with Crippen molar-refractivity contribution in [2.24, 2.45) is 0 Å².